The smallest absolute Gasteiger partial charge is 0.159 e. The van der Waals surface area contributed by atoms with Crippen LogP contribution in [0.1, 0.15) is 66.4 Å². The molecule has 2 aliphatic carbocycles. The van der Waals surface area contributed by atoms with Gasteiger partial charge in [-0.15, -0.1) is 0 Å². The first-order valence-corrected chi connectivity index (χ1v) is 26.8. The van der Waals surface area contributed by atoms with Gasteiger partial charge in [0.1, 0.15) is 11.2 Å². The van der Waals surface area contributed by atoms with Gasteiger partial charge in [0.2, 0.25) is 0 Å². The van der Waals surface area contributed by atoms with Crippen molar-refractivity contribution < 1.29 is 25.3 Å². The topological polar surface area (TPSA) is 32.8 Å². The molecule has 80 heavy (non-hydrogen) atoms. The Bertz CT molecular complexity index is 5550. The molecule has 0 amide bonds. The van der Waals surface area contributed by atoms with Crippen LogP contribution in [0.4, 0.5) is 34.1 Å². The molecule has 2 heterocycles. The van der Waals surface area contributed by atoms with E-state index < -0.39 is 47.1 Å². The number of hydrogen-bond acceptors (Lipinski definition) is 4. The first-order chi connectivity index (χ1) is 44.2. The van der Waals surface area contributed by atoms with E-state index in [9.17, 15) is 5.48 Å². The summed E-state index contributed by atoms with van der Waals surface area (Å²) < 4.78 is 120. The number of benzene rings is 12. The molecule has 0 saturated heterocycles. The minimum absolute atomic E-state index is 0.0578. The van der Waals surface area contributed by atoms with Gasteiger partial charge < -0.3 is 18.6 Å². The molecule has 380 valence electrons. The number of anilines is 6. The number of fused-ring (bicyclic) bond motifs is 14. The molecular weight excluding hydrogens is 973 g/mol. The highest BCUT2D eigenvalue weighted by atomic mass is 16.3. The fraction of sp³-hybridized carbons (Fsp3) is 0.0789. The van der Waals surface area contributed by atoms with Crippen LogP contribution in [0.5, 0.6) is 0 Å². The highest BCUT2D eigenvalue weighted by Gasteiger charge is 2.44. The van der Waals surface area contributed by atoms with E-state index in [4.69, 9.17) is 19.8 Å². The van der Waals surface area contributed by atoms with E-state index in [1.54, 1.807) is 30.3 Å². The second-order valence-electron chi connectivity index (χ2n) is 21.8. The van der Waals surface area contributed by atoms with E-state index in [0.717, 1.165) is 88.2 Å². The Hall–Kier alpha value is -9.90. The lowest BCUT2D eigenvalue weighted by Crippen LogP contribution is -2.20. The SMILES string of the molecule is [2H]c1c([2H])c([2H])c(-c2ccccc2N(c2ccc3c(c2)C(C)(C)c2cc4c(cc2-3)-c2c(cc(N(c3ccccc3-c3c([2H])c([2H])c([2H])c([2H])c3[2H])c3cccc5c3oc3c([2H])cccc35)c3ccccc23)C4(C)C)c2cccc3c2oc2c([2H])cccc23)c([2H])c1[2H]. The molecule has 4 nitrogen and oxygen atoms in total. The first kappa shape index (κ1) is 35.5. The van der Waals surface area contributed by atoms with Crippen molar-refractivity contribution in [2.75, 3.05) is 9.80 Å². The van der Waals surface area contributed by atoms with Gasteiger partial charge in [-0.3, -0.25) is 0 Å². The third-order valence-corrected chi connectivity index (χ3v) is 16.9. The van der Waals surface area contributed by atoms with Gasteiger partial charge in [0.15, 0.2) is 11.2 Å². The Balaban J connectivity index is 0.907. The Kier molecular flexibility index (Phi) is 7.68. The molecule has 0 unspecified atom stereocenters. The normalized spacial score (nSPS) is 15.8. The lowest BCUT2D eigenvalue weighted by atomic mass is 9.77. The zero-order chi connectivity index (χ0) is 63.9. The summed E-state index contributed by atoms with van der Waals surface area (Å²) in [5, 5.41) is 4.99. The molecule has 0 spiro atoms. The van der Waals surface area contributed by atoms with Crippen LogP contribution in [0.3, 0.4) is 0 Å². The third kappa shape index (κ3) is 6.69. The first-order valence-electron chi connectivity index (χ1n) is 32.8. The van der Waals surface area contributed by atoms with E-state index >= 15 is 0 Å². The lowest BCUT2D eigenvalue weighted by molar-refractivity contribution is 0.639. The molecule has 0 bridgehead atoms. The summed E-state index contributed by atoms with van der Waals surface area (Å²) in [7, 11) is 0. The second kappa shape index (κ2) is 17.3. The predicted molar refractivity (Wildman–Crippen MR) is 334 cm³/mol. The zero-order valence-corrected chi connectivity index (χ0v) is 44.0. The zero-order valence-electron chi connectivity index (χ0n) is 56.0. The van der Waals surface area contributed by atoms with Crippen LogP contribution in [0.25, 0.3) is 99.2 Å². The molecule has 0 fully saturated rings. The van der Waals surface area contributed by atoms with Gasteiger partial charge in [0, 0.05) is 54.6 Å². The summed E-state index contributed by atoms with van der Waals surface area (Å²) in [4.78, 5) is 4.14. The molecule has 0 saturated carbocycles. The maximum Gasteiger partial charge on any atom is 0.159 e. The standard InChI is InChI=1S/C76H54N2O2/c1-75(2)61-43-49(77(65-35-17-13-27-50(65)47-23-7-5-8-24-47)67-37-21-33-57-54-30-15-19-39-70(54)79-73(57)67)41-42-52(61)59-44-60-63(45-62(59)75)76(3,4)64-46-69(53-29-11-12-32-56(53)72(60)64)78(66-36-18-14-28-51(66)48-25-9-6-10-26-48)68-38-22-34-58-55-31-16-20-40-71(55)80-74(58)68/h5-46H,1-4H3/i5D,6D,7D,8D,9D,10D,23D,24D,25D,26D,39D,40D. The fourth-order valence-corrected chi connectivity index (χ4v) is 13.1. The van der Waals surface area contributed by atoms with Crippen molar-refractivity contribution in [1.82, 2.24) is 0 Å². The Morgan fingerprint density at radius 3 is 1.43 bits per heavy atom. The number of nitrogens with zero attached hydrogens (tertiary/aromatic N) is 2. The summed E-state index contributed by atoms with van der Waals surface area (Å²) in [6, 6.07) is 55.6. The quantitative estimate of drug-likeness (QED) is 0.152. The van der Waals surface area contributed by atoms with Crippen LogP contribution >= 0.6 is 0 Å². The average Bonchev–Trinajstić information content (AvgIpc) is 1.51. The van der Waals surface area contributed by atoms with Crippen LogP contribution < -0.4 is 9.80 Å². The number of rotatable bonds is 8. The summed E-state index contributed by atoms with van der Waals surface area (Å²) in [5.41, 5.74) is 14.1. The molecule has 0 atom stereocenters. The highest BCUT2D eigenvalue weighted by Crippen LogP contribution is 2.60. The van der Waals surface area contributed by atoms with E-state index in [-0.39, 0.29) is 47.4 Å². The van der Waals surface area contributed by atoms with Crippen molar-refractivity contribution in [2.24, 2.45) is 0 Å². The van der Waals surface area contributed by atoms with E-state index in [2.05, 4.69) is 81.1 Å². The van der Waals surface area contributed by atoms with Gasteiger partial charge >= 0.3 is 0 Å². The van der Waals surface area contributed by atoms with Crippen molar-refractivity contribution in [3.8, 4) is 44.5 Å². The molecular formula is C76H54N2O2. The van der Waals surface area contributed by atoms with E-state index in [1.807, 2.05) is 108 Å². The van der Waals surface area contributed by atoms with Gasteiger partial charge in [0.05, 0.1) is 44.9 Å². The molecule has 4 heteroatoms. The van der Waals surface area contributed by atoms with E-state index in [1.165, 1.54) is 0 Å². The highest BCUT2D eigenvalue weighted by molar-refractivity contribution is 6.16. The van der Waals surface area contributed by atoms with Crippen LogP contribution in [-0.2, 0) is 10.8 Å². The van der Waals surface area contributed by atoms with Gasteiger partial charge in [-0.05, 0) is 122 Å². The molecule has 0 radical (unpaired) electrons. The molecule has 14 aromatic rings. The lowest BCUT2D eigenvalue weighted by Gasteiger charge is -2.31. The Morgan fingerprint density at radius 1 is 0.325 bits per heavy atom. The molecule has 2 aromatic heterocycles. The van der Waals surface area contributed by atoms with E-state index in [0.29, 0.717) is 56.2 Å². The van der Waals surface area contributed by atoms with Crippen molar-refractivity contribution in [1.29, 1.82) is 0 Å². The fourth-order valence-electron chi connectivity index (χ4n) is 13.1. The number of para-hydroxylation sites is 6. The van der Waals surface area contributed by atoms with Crippen LogP contribution in [0.15, 0.2) is 263 Å². The molecule has 0 aliphatic heterocycles. The van der Waals surface area contributed by atoms with Crippen molar-refractivity contribution in [2.45, 2.75) is 38.5 Å². The average molecular weight is 1040 g/mol. The largest absolute Gasteiger partial charge is 0.454 e. The summed E-state index contributed by atoms with van der Waals surface area (Å²) in [6.07, 6.45) is 0. The number of furan rings is 2. The molecule has 0 N–H and O–H groups in total. The van der Waals surface area contributed by atoms with Crippen LogP contribution in [0, 0.1) is 0 Å². The minimum atomic E-state index is -0.619. The Labute approximate surface area is 481 Å². The van der Waals surface area contributed by atoms with Crippen molar-refractivity contribution in [3.05, 3.63) is 277 Å². The van der Waals surface area contributed by atoms with Gasteiger partial charge in [-0.2, -0.15) is 0 Å². The molecule has 16 rings (SSSR count). The second-order valence-corrected chi connectivity index (χ2v) is 21.8. The van der Waals surface area contributed by atoms with Gasteiger partial charge in [0.25, 0.3) is 0 Å². The van der Waals surface area contributed by atoms with Gasteiger partial charge in [-0.1, -0.05) is 222 Å². The molecule has 12 aromatic carbocycles. The summed E-state index contributed by atoms with van der Waals surface area (Å²) in [6.45, 7) is 8.99. The summed E-state index contributed by atoms with van der Waals surface area (Å²) >= 11 is 0. The van der Waals surface area contributed by atoms with Crippen LogP contribution in [-0.4, -0.2) is 0 Å². The van der Waals surface area contributed by atoms with Crippen LogP contribution in [0.2, 0.25) is 0 Å². The van der Waals surface area contributed by atoms with Crippen molar-refractivity contribution in [3.63, 3.8) is 0 Å². The Morgan fingerprint density at radius 2 is 0.800 bits per heavy atom. The number of hydrogen-bond donors (Lipinski definition) is 0. The van der Waals surface area contributed by atoms with Gasteiger partial charge in [-0.25, -0.2) is 0 Å². The molecule has 2 aliphatic rings. The summed E-state index contributed by atoms with van der Waals surface area (Å²) in [5.74, 6) is 0. The monoisotopic (exact) mass is 1040 g/mol. The minimum Gasteiger partial charge on any atom is -0.454 e. The maximum atomic E-state index is 9.28. The third-order valence-electron chi connectivity index (χ3n) is 16.9. The predicted octanol–water partition coefficient (Wildman–Crippen LogP) is 21.5. The maximum absolute atomic E-state index is 9.28. The van der Waals surface area contributed by atoms with Crippen molar-refractivity contribution >= 4 is 88.8 Å².